The van der Waals surface area contributed by atoms with E-state index in [9.17, 15) is 4.79 Å². The van der Waals surface area contributed by atoms with E-state index in [1.54, 1.807) is 7.05 Å². The molecule has 0 heterocycles. The average Bonchev–Trinajstić information content (AvgIpc) is 2.49. The summed E-state index contributed by atoms with van der Waals surface area (Å²) in [6, 6.07) is 7.76. The predicted octanol–water partition coefficient (Wildman–Crippen LogP) is 3.12. The number of carbonyl (C=O) groups is 1. The summed E-state index contributed by atoms with van der Waals surface area (Å²) in [5.74, 6) is -0.351. The smallest absolute Gasteiger partial charge is 0.339 e. The van der Waals surface area contributed by atoms with E-state index in [0.29, 0.717) is 5.57 Å². The van der Waals surface area contributed by atoms with Gasteiger partial charge in [0.2, 0.25) is 0 Å². The third-order valence-electron chi connectivity index (χ3n) is 3.22. The first-order valence-electron chi connectivity index (χ1n) is 6.39. The summed E-state index contributed by atoms with van der Waals surface area (Å²) in [5.41, 5.74) is 4.01. The number of hydrogen-bond donors (Lipinski definition) is 0. The maximum Gasteiger partial charge on any atom is 0.339 e. The molecule has 0 aromatic heterocycles. The van der Waals surface area contributed by atoms with Crippen molar-refractivity contribution in [2.45, 2.75) is 6.92 Å². The van der Waals surface area contributed by atoms with E-state index in [4.69, 9.17) is 4.74 Å². The Balaban J connectivity index is 2.72. The van der Waals surface area contributed by atoms with E-state index in [2.05, 4.69) is 4.99 Å². The molecule has 0 atom stereocenters. The van der Waals surface area contributed by atoms with Gasteiger partial charge in [-0.3, -0.25) is 4.99 Å². The van der Waals surface area contributed by atoms with E-state index in [-0.39, 0.29) is 5.97 Å². The van der Waals surface area contributed by atoms with Crippen molar-refractivity contribution in [2.24, 2.45) is 4.99 Å². The minimum Gasteiger partial charge on any atom is -0.465 e. The second-order valence-corrected chi connectivity index (χ2v) is 4.42. The largest absolute Gasteiger partial charge is 0.465 e. The maximum atomic E-state index is 12.2. The van der Waals surface area contributed by atoms with Gasteiger partial charge in [-0.15, -0.1) is 0 Å². The van der Waals surface area contributed by atoms with Gasteiger partial charge in [-0.2, -0.15) is 0 Å². The van der Waals surface area contributed by atoms with Crippen LogP contribution in [0.15, 0.2) is 59.1 Å². The maximum absolute atomic E-state index is 12.2. The van der Waals surface area contributed by atoms with E-state index < -0.39 is 0 Å². The van der Waals surface area contributed by atoms with Gasteiger partial charge in [-0.25, -0.2) is 4.79 Å². The van der Waals surface area contributed by atoms with Crippen molar-refractivity contribution in [1.82, 2.24) is 0 Å². The highest BCUT2D eigenvalue weighted by molar-refractivity contribution is 6.28. The molecule has 20 heavy (non-hydrogen) atoms. The number of benzene rings is 1. The van der Waals surface area contributed by atoms with Gasteiger partial charge in [0.1, 0.15) is 0 Å². The summed E-state index contributed by atoms with van der Waals surface area (Å²) in [7, 11) is 3.11. The van der Waals surface area contributed by atoms with Crippen molar-refractivity contribution in [2.75, 3.05) is 14.2 Å². The molecule has 1 aromatic carbocycles. The fraction of sp³-hybridized carbons (Fsp3) is 0.176. The molecule has 102 valence electrons. The van der Waals surface area contributed by atoms with Crippen molar-refractivity contribution >= 4 is 17.3 Å². The van der Waals surface area contributed by atoms with Crippen LogP contribution in [0, 0.1) is 6.92 Å². The Morgan fingerprint density at radius 3 is 2.50 bits per heavy atom. The number of methoxy groups -OCH3 is 1. The van der Waals surface area contributed by atoms with Gasteiger partial charge in [0.25, 0.3) is 0 Å². The molecule has 0 spiro atoms. The summed E-state index contributed by atoms with van der Waals surface area (Å²) < 4.78 is 4.96. The molecule has 0 radical (unpaired) electrons. The normalized spacial score (nSPS) is 18.2. The van der Waals surface area contributed by atoms with Crippen LogP contribution in [0.5, 0.6) is 0 Å². The lowest BCUT2D eigenvalue weighted by atomic mass is 9.91. The molecule has 0 fully saturated rings. The van der Waals surface area contributed by atoms with Crippen molar-refractivity contribution < 1.29 is 9.53 Å². The topological polar surface area (TPSA) is 38.7 Å². The second-order valence-electron chi connectivity index (χ2n) is 4.42. The minimum atomic E-state index is -0.351. The number of aryl methyl sites for hydroxylation is 1. The van der Waals surface area contributed by atoms with Gasteiger partial charge in [0.15, 0.2) is 0 Å². The van der Waals surface area contributed by atoms with Gasteiger partial charge in [-0.1, -0.05) is 42.5 Å². The van der Waals surface area contributed by atoms with Crippen LogP contribution in [0.1, 0.15) is 11.1 Å². The molecule has 0 unspecified atom stereocenters. The summed E-state index contributed by atoms with van der Waals surface area (Å²) >= 11 is 0. The van der Waals surface area contributed by atoms with Crippen molar-refractivity contribution in [3.05, 3.63) is 65.3 Å². The summed E-state index contributed by atoms with van der Waals surface area (Å²) in [6.07, 6.45) is 7.57. The van der Waals surface area contributed by atoms with E-state index in [1.807, 2.05) is 55.5 Å². The van der Waals surface area contributed by atoms with Gasteiger partial charge >= 0.3 is 5.97 Å². The molecule has 2 rings (SSSR count). The molecule has 3 heteroatoms. The zero-order chi connectivity index (χ0) is 14.5. The van der Waals surface area contributed by atoms with Gasteiger partial charge < -0.3 is 4.74 Å². The average molecular weight is 267 g/mol. The second kappa shape index (κ2) is 6.15. The Hall–Kier alpha value is -2.42. The van der Waals surface area contributed by atoms with Crippen LogP contribution in [-0.2, 0) is 9.53 Å². The Morgan fingerprint density at radius 1 is 1.15 bits per heavy atom. The van der Waals surface area contributed by atoms with E-state index >= 15 is 0 Å². The number of hydrogen-bond acceptors (Lipinski definition) is 3. The van der Waals surface area contributed by atoms with Crippen LogP contribution in [0.4, 0.5) is 0 Å². The molecule has 0 aliphatic heterocycles. The molecular formula is C17H17NO2. The Kier molecular flexibility index (Phi) is 4.31. The summed E-state index contributed by atoms with van der Waals surface area (Å²) in [4.78, 5) is 16.5. The van der Waals surface area contributed by atoms with Crippen molar-refractivity contribution in [1.29, 1.82) is 0 Å². The zero-order valence-electron chi connectivity index (χ0n) is 11.9. The minimum absolute atomic E-state index is 0.351. The molecule has 0 saturated carbocycles. The van der Waals surface area contributed by atoms with Crippen molar-refractivity contribution in [3.8, 4) is 0 Å². The highest BCUT2D eigenvalue weighted by Crippen LogP contribution is 2.26. The number of ether oxygens (including phenoxy) is 1. The molecule has 0 amide bonds. The highest BCUT2D eigenvalue weighted by Gasteiger charge is 2.21. The molecular weight excluding hydrogens is 250 g/mol. The number of rotatable bonds is 2. The zero-order valence-corrected chi connectivity index (χ0v) is 11.9. The van der Waals surface area contributed by atoms with Crippen LogP contribution < -0.4 is 0 Å². The van der Waals surface area contributed by atoms with Crippen LogP contribution in [-0.4, -0.2) is 25.8 Å². The standard InChI is InChI=1S/C17H17NO2/c1-12-8-4-5-9-13(12)16(17(19)20-3)14-10-6-7-11-15(14)18-2/h4-11H,1-3H3/b16-14+,18-15+. The first kappa shape index (κ1) is 14.0. The number of carbonyl (C=O) groups excluding carboxylic acids is 1. The molecule has 0 bridgehead atoms. The molecule has 3 nitrogen and oxygen atoms in total. The highest BCUT2D eigenvalue weighted by atomic mass is 16.5. The summed E-state index contributed by atoms with van der Waals surface area (Å²) in [6.45, 7) is 1.98. The molecule has 1 aromatic rings. The molecule has 1 aliphatic carbocycles. The van der Waals surface area contributed by atoms with E-state index in [1.165, 1.54) is 7.11 Å². The first-order chi connectivity index (χ1) is 9.69. The van der Waals surface area contributed by atoms with Crippen LogP contribution in [0.2, 0.25) is 0 Å². The SMILES string of the molecule is C/N=C1\C=CC=C\C1=C(/C(=O)OC)c1ccccc1C. The Bertz CT molecular complexity index is 649. The molecule has 0 N–H and O–H groups in total. The van der Waals surface area contributed by atoms with E-state index in [0.717, 1.165) is 22.4 Å². The fourth-order valence-electron chi connectivity index (χ4n) is 2.20. The Labute approximate surface area is 119 Å². The third-order valence-corrected chi connectivity index (χ3v) is 3.22. The van der Waals surface area contributed by atoms with Gasteiger partial charge in [0.05, 0.1) is 18.4 Å². The van der Waals surface area contributed by atoms with Crippen LogP contribution >= 0.6 is 0 Å². The first-order valence-corrected chi connectivity index (χ1v) is 6.39. The van der Waals surface area contributed by atoms with Crippen LogP contribution in [0.3, 0.4) is 0 Å². The number of nitrogens with zero attached hydrogens (tertiary/aromatic N) is 1. The number of aliphatic imine (C=N–C) groups is 1. The summed E-state index contributed by atoms with van der Waals surface area (Å²) in [5, 5.41) is 0. The lowest BCUT2D eigenvalue weighted by Crippen LogP contribution is -2.12. The lowest BCUT2D eigenvalue weighted by Gasteiger charge is -2.15. The van der Waals surface area contributed by atoms with Crippen LogP contribution in [0.25, 0.3) is 5.57 Å². The Morgan fingerprint density at radius 2 is 1.85 bits per heavy atom. The quantitative estimate of drug-likeness (QED) is 0.610. The molecule has 1 aliphatic rings. The van der Waals surface area contributed by atoms with Crippen molar-refractivity contribution in [3.63, 3.8) is 0 Å². The number of allylic oxidation sites excluding steroid dienone is 5. The lowest BCUT2D eigenvalue weighted by molar-refractivity contribution is -0.133. The molecule has 0 saturated heterocycles. The van der Waals surface area contributed by atoms with Gasteiger partial charge in [0, 0.05) is 12.6 Å². The monoisotopic (exact) mass is 267 g/mol. The predicted molar refractivity (Wildman–Crippen MR) is 81.8 cm³/mol. The fourth-order valence-corrected chi connectivity index (χ4v) is 2.20. The number of esters is 1. The van der Waals surface area contributed by atoms with Gasteiger partial charge in [-0.05, 0) is 24.1 Å². The third kappa shape index (κ3) is 2.62.